The van der Waals surface area contributed by atoms with Crippen LogP contribution in [-0.4, -0.2) is 47.2 Å². The molecule has 2 atom stereocenters. The first kappa shape index (κ1) is 15.3. The Balaban J connectivity index is 1.36. The lowest BCUT2D eigenvalue weighted by molar-refractivity contribution is -0.122. The van der Waals surface area contributed by atoms with E-state index < -0.39 is 0 Å². The Bertz CT molecular complexity index is 349. The second-order valence-corrected chi connectivity index (χ2v) is 7.28. The summed E-state index contributed by atoms with van der Waals surface area (Å²) in [4.78, 5) is 14.4. The molecule has 0 aromatic carbocycles. The summed E-state index contributed by atoms with van der Waals surface area (Å²) in [5, 5.41) is 13.4. The van der Waals surface area contributed by atoms with E-state index in [9.17, 15) is 9.90 Å². The molecular formula is C17H30N2O2. The van der Waals surface area contributed by atoms with Gasteiger partial charge in [-0.2, -0.15) is 0 Å². The van der Waals surface area contributed by atoms with Gasteiger partial charge < -0.3 is 10.4 Å². The third-order valence-corrected chi connectivity index (χ3v) is 5.53. The van der Waals surface area contributed by atoms with Crippen molar-refractivity contribution in [2.24, 2.45) is 5.92 Å². The van der Waals surface area contributed by atoms with Gasteiger partial charge in [0.25, 0.3) is 0 Å². The molecule has 4 heteroatoms. The van der Waals surface area contributed by atoms with E-state index in [2.05, 4.69) is 10.2 Å². The van der Waals surface area contributed by atoms with Crippen molar-refractivity contribution in [1.29, 1.82) is 0 Å². The average Bonchev–Trinajstić information content (AvgIpc) is 3.31. The van der Waals surface area contributed by atoms with Gasteiger partial charge in [-0.15, -0.1) is 0 Å². The second kappa shape index (κ2) is 7.10. The molecule has 2 saturated carbocycles. The Kier molecular flexibility index (Phi) is 5.17. The smallest absolute Gasteiger partial charge is 0.220 e. The van der Waals surface area contributed by atoms with Crippen molar-refractivity contribution in [2.75, 3.05) is 13.1 Å². The zero-order chi connectivity index (χ0) is 14.7. The van der Waals surface area contributed by atoms with E-state index in [1.807, 2.05) is 0 Å². The SMILES string of the molecule is O=C(CCC1CC1)NC1CCN(C2CCCCC2O)CC1. The fourth-order valence-electron chi connectivity index (χ4n) is 3.93. The first-order chi connectivity index (χ1) is 10.2. The van der Waals surface area contributed by atoms with Crippen LogP contribution in [0.25, 0.3) is 0 Å². The van der Waals surface area contributed by atoms with Crippen LogP contribution in [0.4, 0.5) is 0 Å². The number of nitrogens with one attached hydrogen (secondary N) is 1. The van der Waals surface area contributed by atoms with Crippen LogP contribution in [0.3, 0.4) is 0 Å². The highest BCUT2D eigenvalue weighted by Gasteiger charge is 2.31. The van der Waals surface area contributed by atoms with Crippen LogP contribution < -0.4 is 5.32 Å². The summed E-state index contributed by atoms with van der Waals surface area (Å²) in [6.45, 7) is 2.05. The van der Waals surface area contributed by atoms with Crippen LogP contribution in [0.1, 0.15) is 64.2 Å². The third kappa shape index (κ3) is 4.43. The van der Waals surface area contributed by atoms with Gasteiger partial charge in [-0.1, -0.05) is 25.7 Å². The maximum atomic E-state index is 11.9. The van der Waals surface area contributed by atoms with Gasteiger partial charge in [0.2, 0.25) is 5.91 Å². The predicted molar refractivity (Wildman–Crippen MR) is 83.0 cm³/mol. The molecule has 0 aromatic rings. The largest absolute Gasteiger partial charge is 0.391 e. The molecule has 0 aromatic heterocycles. The van der Waals surface area contributed by atoms with E-state index in [1.165, 1.54) is 25.7 Å². The number of piperidine rings is 1. The molecule has 0 bridgehead atoms. The second-order valence-electron chi connectivity index (χ2n) is 7.28. The Morgan fingerprint density at radius 3 is 2.43 bits per heavy atom. The van der Waals surface area contributed by atoms with Crippen LogP contribution in [0.15, 0.2) is 0 Å². The van der Waals surface area contributed by atoms with Crippen LogP contribution in [0.2, 0.25) is 0 Å². The fraction of sp³-hybridized carbons (Fsp3) is 0.941. The van der Waals surface area contributed by atoms with Gasteiger partial charge in [-0.25, -0.2) is 0 Å². The van der Waals surface area contributed by atoms with Crippen molar-refractivity contribution in [2.45, 2.75) is 82.4 Å². The number of carbonyl (C=O) groups excluding carboxylic acids is 1. The molecule has 3 rings (SSSR count). The molecule has 1 amide bonds. The molecule has 1 aliphatic heterocycles. The summed E-state index contributed by atoms with van der Waals surface area (Å²) < 4.78 is 0. The molecule has 21 heavy (non-hydrogen) atoms. The first-order valence-electron chi connectivity index (χ1n) is 8.94. The van der Waals surface area contributed by atoms with Gasteiger partial charge in [0.05, 0.1) is 6.10 Å². The first-order valence-corrected chi connectivity index (χ1v) is 8.94. The molecule has 120 valence electrons. The number of rotatable bonds is 5. The molecule has 0 radical (unpaired) electrons. The molecule has 2 N–H and O–H groups in total. The van der Waals surface area contributed by atoms with Crippen LogP contribution in [-0.2, 0) is 4.79 Å². The molecule has 3 aliphatic rings. The van der Waals surface area contributed by atoms with E-state index in [-0.39, 0.29) is 12.0 Å². The maximum Gasteiger partial charge on any atom is 0.220 e. The Morgan fingerprint density at radius 2 is 1.76 bits per heavy atom. The number of aliphatic hydroxyl groups excluding tert-OH is 1. The number of hydrogen-bond donors (Lipinski definition) is 2. The molecule has 2 unspecified atom stereocenters. The van der Waals surface area contributed by atoms with Gasteiger partial charge >= 0.3 is 0 Å². The standard InChI is InChI=1S/C17H30N2O2/c20-16-4-2-1-3-15(16)19-11-9-14(10-12-19)18-17(21)8-7-13-5-6-13/h13-16,20H,1-12H2,(H,18,21). The van der Waals surface area contributed by atoms with Crippen LogP contribution in [0, 0.1) is 5.92 Å². The van der Waals surface area contributed by atoms with Crippen molar-refractivity contribution < 1.29 is 9.90 Å². The van der Waals surface area contributed by atoms with E-state index >= 15 is 0 Å². The minimum Gasteiger partial charge on any atom is -0.391 e. The van der Waals surface area contributed by atoms with Crippen molar-refractivity contribution in [3.05, 3.63) is 0 Å². The van der Waals surface area contributed by atoms with E-state index in [4.69, 9.17) is 0 Å². The van der Waals surface area contributed by atoms with Crippen molar-refractivity contribution in [3.8, 4) is 0 Å². The molecule has 4 nitrogen and oxygen atoms in total. The number of nitrogens with zero attached hydrogens (tertiary/aromatic N) is 1. The summed E-state index contributed by atoms with van der Waals surface area (Å²) in [6, 6.07) is 0.721. The van der Waals surface area contributed by atoms with E-state index in [1.54, 1.807) is 0 Å². The summed E-state index contributed by atoms with van der Waals surface area (Å²) in [5.74, 6) is 1.09. The number of amides is 1. The van der Waals surface area contributed by atoms with Crippen LogP contribution >= 0.6 is 0 Å². The minimum atomic E-state index is -0.136. The lowest BCUT2D eigenvalue weighted by atomic mass is 9.89. The zero-order valence-corrected chi connectivity index (χ0v) is 13.1. The maximum absolute atomic E-state index is 11.9. The average molecular weight is 294 g/mol. The third-order valence-electron chi connectivity index (χ3n) is 5.53. The van der Waals surface area contributed by atoms with Crippen molar-refractivity contribution in [3.63, 3.8) is 0 Å². The number of carbonyl (C=O) groups is 1. The highest BCUT2D eigenvalue weighted by Crippen LogP contribution is 2.33. The lowest BCUT2D eigenvalue weighted by Crippen LogP contribution is -2.52. The monoisotopic (exact) mass is 294 g/mol. The van der Waals surface area contributed by atoms with Gasteiger partial charge in [-0.3, -0.25) is 9.69 Å². The molecule has 1 saturated heterocycles. The van der Waals surface area contributed by atoms with Crippen molar-refractivity contribution >= 4 is 5.91 Å². The van der Waals surface area contributed by atoms with Crippen LogP contribution in [0.5, 0.6) is 0 Å². The molecular weight excluding hydrogens is 264 g/mol. The normalized spacial score (nSPS) is 32.0. The van der Waals surface area contributed by atoms with Gasteiger partial charge in [-0.05, 0) is 38.0 Å². The van der Waals surface area contributed by atoms with Gasteiger partial charge in [0.15, 0.2) is 0 Å². The Hall–Kier alpha value is -0.610. The Labute approximate surface area is 128 Å². The number of likely N-dealkylation sites (tertiary alicyclic amines) is 1. The quantitative estimate of drug-likeness (QED) is 0.816. The topological polar surface area (TPSA) is 52.6 Å². The summed E-state index contributed by atoms with van der Waals surface area (Å²) in [6.07, 6.45) is 10.9. The minimum absolute atomic E-state index is 0.136. The molecule has 3 fully saturated rings. The molecule has 1 heterocycles. The zero-order valence-electron chi connectivity index (χ0n) is 13.1. The highest BCUT2D eigenvalue weighted by molar-refractivity contribution is 5.76. The lowest BCUT2D eigenvalue weighted by Gasteiger charge is -2.41. The van der Waals surface area contributed by atoms with E-state index in [0.29, 0.717) is 18.5 Å². The predicted octanol–water partition coefficient (Wildman–Crippen LogP) is 2.06. The van der Waals surface area contributed by atoms with Gasteiger partial charge in [0, 0.05) is 31.6 Å². The fourth-order valence-corrected chi connectivity index (χ4v) is 3.93. The van der Waals surface area contributed by atoms with E-state index in [0.717, 1.165) is 51.1 Å². The van der Waals surface area contributed by atoms with Gasteiger partial charge in [0.1, 0.15) is 0 Å². The summed E-state index contributed by atoms with van der Waals surface area (Å²) in [7, 11) is 0. The Morgan fingerprint density at radius 1 is 1.05 bits per heavy atom. The number of hydrogen-bond acceptors (Lipinski definition) is 3. The molecule has 0 spiro atoms. The van der Waals surface area contributed by atoms with Crippen molar-refractivity contribution in [1.82, 2.24) is 10.2 Å². The highest BCUT2D eigenvalue weighted by atomic mass is 16.3. The summed E-state index contributed by atoms with van der Waals surface area (Å²) >= 11 is 0. The number of aliphatic hydroxyl groups is 1. The molecule has 2 aliphatic carbocycles. The summed E-state index contributed by atoms with van der Waals surface area (Å²) in [5.41, 5.74) is 0.